The lowest BCUT2D eigenvalue weighted by molar-refractivity contribution is -0.118. The van der Waals surface area contributed by atoms with Gasteiger partial charge in [-0.2, -0.15) is 0 Å². The Bertz CT molecular complexity index is 277. The maximum Gasteiger partial charge on any atom is 0.136 e. The van der Waals surface area contributed by atoms with Crippen LogP contribution in [0.3, 0.4) is 0 Å². The molecular formula is C12H17BrO. The van der Waals surface area contributed by atoms with Crippen LogP contribution in [0, 0.1) is 0 Å². The molecule has 1 aromatic rings. The van der Waals surface area contributed by atoms with Crippen molar-refractivity contribution >= 4 is 21.7 Å². The average molecular weight is 257 g/mol. The Labute approximate surface area is 94.7 Å². The van der Waals surface area contributed by atoms with E-state index in [0.29, 0.717) is 0 Å². The van der Waals surface area contributed by atoms with Gasteiger partial charge in [-0.3, -0.25) is 4.79 Å². The minimum Gasteiger partial charge on any atom is -0.299 e. The lowest BCUT2D eigenvalue weighted by Gasteiger charge is -2.06. The molecule has 0 saturated heterocycles. The Morgan fingerprint density at radius 3 is 2.00 bits per heavy atom. The van der Waals surface area contributed by atoms with E-state index in [0.717, 1.165) is 10.0 Å². The largest absolute Gasteiger partial charge is 0.299 e. The van der Waals surface area contributed by atoms with Gasteiger partial charge in [-0.05, 0) is 24.6 Å². The molecule has 0 aliphatic heterocycles. The molecule has 1 atom stereocenters. The van der Waals surface area contributed by atoms with Crippen LogP contribution in [0.4, 0.5) is 0 Å². The van der Waals surface area contributed by atoms with Crippen molar-refractivity contribution in [1.82, 2.24) is 0 Å². The summed E-state index contributed by atoms with van der Waals surface area (Å²) in [7, 11) is 0. The highest BCUT2D eigenvalue weighted by molar-refractivity contribution is 9.10. The second-order valence-corrected chi connectivity index (χ2v) is 3.80. The minimum absolute atomic E-state index is 0.0121. The topological polar surface area (TPSA) is 17.1 Å². The quantitative estimate of drug-likeness (QED) is 0.777. The van der Waals surface area contributed by atoms with E-state index in [-0.39, 0.29) is 11.7 Å². The van der Waals surface area contributed by atoms with Crippen LogP contribution in [0.5, 0.6) is 0 Å². The first-order chi connectivity index (χ1) is 6.61. The summed E-state index contributed by atoms with van der Waals surface area (Å²) in [6, 6.07) is 7.84. The van der Waals surface area contributed by atoms with Crippen molar-refractivity contribution in [3.8, 4) is 0 Å². The van der Waals surface area contributed by atoms with Crippen molar-refractivity contribution in [2.75, 3.05) is 0 Å². The second-order valence-electron chi connectivity index (χ2n) is 2.88. The lowest BCUT2D eigenvalue weighted by atomic mass is 9.98. The first-order valence-electron chi connectivity index (χ1n) is 4.87. The molecule has 2 heteroatoms. The van der Waals surface area contributed by atoms with E-state index in [9.17, 15) is 4.79 Å². The number of halogens is 1. The monoisotopic (exact) mass is 256 g/mol. The van der Waals surface area contributed by atoms with Crippen molar-refractivity contribution in [1.29, 1.82) is 0 Å². The van der Waals surface area contributed by atoms with Crippen LogP contribution < -0.4 is 0 Å². The van der Waals surface area contributed by atoms with Crippen LogP contribution in [0.1, 0.15) is 39.2 Å². The Kier molecular flexibility index (Phi) is 6.46. The molecule has 0 amide bonds. The molecule has 0 aliphatic carbocycles. The minimum atomic E-state index is 0.0121. The molecule has 1 nitrogen and oxygen atoms in total. The molecule has 1 rings (SSSR count). The Morgan fingerprint density at radius 1 is 1.21 bits per heavy atom. The summed E-state index contributed by atoms with van der Waals surface area (Å²) in [5.74, 6) is 0.218. The van der Waals surface area contributed by atoms with E-state index in [2.05, 4.69) is 15.9 Å². The number of hydrogen-bond acceptors (Lipinski definition) is 1. The third-order valence-electron chi connectivity index (χ3n) is 1.98. The van der Waals surface area contributed by atoms with Crippen molar-refractivity contribution in [3.05, 3.63) is 34.3 Å². The summed E-state index contributed by atoms with van der Waals surface area (Å²) in [6.45, 7) is 7.54. The van der Waals surface area contributed by atoms with E-state index in [1.165, 1.54) is 0 Å². The van der Waals surface area contributed by atoms with Crippen LogP contribution in [-0.2, 0) is 4.79 Å². The summed E-state index contributed by atoms with van der Waals surface area (Å²) < 4.78 is 1.04. The van der Waals surface area contributed by atoms with Gasteiger partial charge in [0.05, 0.1) is 0 Å². The number of Topliss-reactive ketones (excluding diaryl/α,β-unsaturated/α-hetero) is 1. The van der Waals surface area contributed by atoms with Crippen molar-refractivity contribution in [2.45, 2.75) is 33.6 Å². The summed E-state index contributed by atoms with van der Waals surface area (Å²) >= 11 is 3.35. The number of benzene rings is 1. The second kappa shape index (κ2) is 6.77. The van der Waals surface area contributed by atoms with Crippen LogP contribution in [0.2, 0.25) is 0 Å². The fraction of sp³-hybridized carbons (Fsp3) is 0.417. The average Bonchev–Trinajstić information content (AvgIpc) is 2.21. The Hall–Kier alpha value is -0.630. The molecule has 0 aliphatic rings. The molecule has 1 unspecified atom stereocenters. The van der Waals surface area contributed by atoms with Crippen molar-refractivity contribution in [3.63, 3.8) is 0 Å². The van der Waals surface area contributed by atoms with Gasteiger partial charge < -0.3 is 0 Å². The van der Waals surface area contributed by atoms with E-state index in [1.54, 1.807) is 6.92 Å². The maximum absolute atomic E-state index is 11.0. The highest BCUT2D eigenvalue weighted by Gasteiger charge is 2.09. The standard InChI is InChI=1S/C10H11BrO.C2H6/c1-7(8(2)12)9-3-5-10(11)6-4-9;1-2/h3-7H,1-2H3;1-2H3. The van der Waals surface area contributed by atoms with Crippen molar-refractivity contribution in [2.24, 2.45) is 0 Å². The molecule has 14 heavy (non-hydrogen) atoms. The van der Waals surface area contributed by atoms with E-state index < -0.39 is 0 Å². The van der Waals surface area contributed by atoms with E-state index in [1.807, 2.05) is 45.0 Å². The first kappa shape index (κ1) is 13.4. The van der Waals surface area contributed by atoms with Gasteiger partial charge in [0, 0.05) is 10.4 Å². The molecule has 0 heterocycles. The predicted molar refractivity (Wildman–Crippen MR) is 64.6 cm³/mol. The van der Waals surface area contributed by atoms with E-state index >= 15 is 0 Å². The van der Waals surface area contributed by atoms with Crippen molar-refractivity contribution < 1.29 is 4.79 Å². The highest BCUT2D eigenvalue weighted by Crippen LogP contribution is 2.18. The zero-order valence-electron chi connectivity index (χ0n) is 9.17. The molecule has 0 N–H and O–H groups in total. The number of carbonyl (C=O) groups excluding carboxylic acids is 1. The van der Waals surface area contributed by atoms with Gasteiger partial charge in [0.1, 0.15) is 5.78 Å². The summed E-state index contributed by atoms with van der Waals surface area (Å²) in [4.78, 5) is 11.0. The van der Waals surface area contributed by atoms with Gasteiger partial charge in [0.2, 0.25) is 0 Å². The van der Waals surface area contributed by atoms with Crippen LogP contribution in [0.15, 0.2) is 28.7 Å². The normalized spacial score (nSPS) is 11.2. The van der Waals surface area contributed by atoms with Gasteiger partial charge in [-0.25, -0.2) is 0 Å². The third-order valence-corrected chi connectivity index (χ3v) is 2.51. The fourth-order valence-corrected chi connectivity index (χ4v) is 1.25. The van der Waals surface area contributed by atoms with Gasteiger partial charge in [-0.15, -0.1) is 0 Å². The maximum atomic E-state index is 11.0. The molecule has 0 aromatic heterocycles. The number of carbonyl (C=O) groups is 1. The molecule has 0 saturated carbocycles. The smallest absolute Gasteiger partial charge is 0.136 e. The molecule has 0 fully saturated rings. The van der Waals surface area contributed by atoms with Crippen LogP contribution in [0.25, 0.3) is 0 Å². The Balaban J connectivity index is 0.000000791. The van der Waals surface area contributed by atoms with Gasteiger partial charge in [0.15, 0.2) is 0 Å². The predicted octanol–water partition coefficient (Wildman–Crippen LogP) is 4.17. The SMILES string of the molecule is CC.CC(=O)C(C)c1ccc(Br)cc1. The molecule has 0 spiro atoms. The lowest BCUT2D eigenvalue weighted by Crippen LogP contribution is -2.03. The van der Waals surface area contributed by atoms with Crippen LogP contribution >= 0.6 is 15.9 Å². The number of ketones is 1. The molecule has 0 radical (unpaired) electrons. The Morgan fingerprint density at radius 2 is 1.64 bits per heavy atom. The fourth-order valence-electron chi connectivity index (χ4n) is 0.986. The number of hydrogen-bond donors (Lipinski definition) is 0. The first-order valence-corrected chi connectivity index (χ1v) is 5.66. The number of rotatable bonds is 2. The van der Waals surface area contributed by atoms with Gasteiger partial charge in [-0.1, -0.05) is 48.8 Å². The molecule has 0 bridgehead atoms. The van der Waals surface area contributed by atoms with Crippen LogP contribution in [-0.4, -0.2) is 5.78 Å². The van der Waals surface area contributed by atoms with Gasteiger partial charge >= 0.3 is 0 Å². The highest BCUT2D eigenvalue weighted by atomic mass is 79.9. The molecule has 1 aromatic carbocycles. The van der Waals surface area contributed by atoms with Gasteiger partial charge in [0.25, 0.3) is 0 Å². The zero-order chi connectivity index (χ0) is 11.1. The third kappa shape index (κ3) is 4.05. The van der Waals surface area contributed by atoms with E-state index in [4.69, 9.17) is 0 Å². The summed E-state index contributed by atoms with van der Waals surface area (Å²) in [5, 5.41) is 0. The zero-order valence-corrected chi connectivity index (χ0v) is 10.8. The summed E-state index contributed by atoms with van der Waals surface area (Å²) in [6.07, 6.45) is 0. The summed E-state index contributed by atoms with van der Waals surface area (Å²) in [5.41, 5.74) is 1.07. The molecular weight excluding hydrogens is 240 g/mol. The molecule has 78 valence electrons.